The Balaban J connectivity index is 2.07. The molecule has 0 saturated carbocycles. The molecule has 0 spiro atoms. The van der Waals surface area contributed by atoms with Crippen LogP contribution >= 0.6 is 0 Å². The fourth-order valence-electron chi connectivity index (χ4n) is 2.83. The largest absolute Gasteiger partial charge is 0.356 e. The van der Waals surface area contributed by atoms with Gasteiger partial charge in [-0.3, -0.25) is 4.79 Å². The van der Waals surface area contributed by atoms with Crippen LogP contribution in [0.15, 0.2) is 11.6 Å². The number of methoxy groups -OCH3 is 1. The molecule has 1 aliphatic carbocycles. The van der Waals surface area contributed by atoms with Crippen molar-refractivity contribution >= 4 is 5.78 Å². The Kier molecular flexibility index (Phi) is 4.35. The fraction of sp³-hybridized carbons (Fsp3) is 0.786. The zero-order valence-electron chi connectivity index (χ0n) is 10.8. The summed E-state index contributed by atoms with van der Waals surface area (Å²) in [5, 5.41) is 0. The highest BCUT2D eigenvalue weighted by Gasteiger charge is 2.35. The highest BCUT2D eigenvalue weighted by atomic mass is 16.7. The van der Waals surface area contributed by atoms with Crippen LogP contribution in [0, 0.1) is 11.8 Å². The minimum absolute atomic E-state index is 0.0979. The van der Waals surface area contributed by atoms with Gasteiger partial charge in [0, 0.05) is 25.9 Å². The highest BCUT2D eigenvalue weighted by molar-refractivity contribution is 5.81. The van der Waals surface area contributed by atoms with Gasteiger partial charge in [0.2, 0.25) is 0 Å². The summed E-state index contributed by atoms with van der Waals surface area (Å²) < 4.78 is 10.8. The zero-order valence-corrected chi connectivity index (χ0v) is 10.8. The molecule has 0 bridgehead atoms. The Bertz CT molecular complexity index is 309. The molecule has 0 radical (unpaired) electrons. The first-order valence-corrected chi connectivity index (χ1v) is 6.53. The second kappa shape index (κ2) is 5.78. The van der Waals surface area contributed by atoms with Gasteiger partial charge < -0.3 is 9.47 Å². The summed E-state index contributed by atoms with van der Waals surface area (Å²) in [6.07, 6.45) is 6.70. The number of carbonyl (C=O) groups excluding carboxylic acids is 1. The molecule has 0 aromatic carbocycles. The van der Waals surface area contributed by atoms with Gasteiger partial charge in [0.15, 0.2) is 6.29 Å². The lowest BCUT2D eigenvalue weighted by molar-refractivity contribution is -0.180. The molecule has 0 aromatic heterocycles. The highest BCUT2D eigenvalue weighted by Crippen LogP contribution is 2.33. The maximum Gasteiger partial charge on any atom is 0.157 e. The van der Waals surface area contributed by atoms with Crippen LogP contribution in [0.2, 0.25) is 0 Å². The molecule has 0 aromatic rings. The normalized spacial score (nSPS) is 38.4. The van der Waals surface area contributed by atoms with E-state index in [4.69, 9.17) is 9.47 Å². The zero-order chi connectivity index (χ0) is 12.3. The van der Waals surface area contributed by atoms with Crippen molar-refractivity contribution < 1.29 is 14.3 Å². The summed E-state index contributed by atoms with van der Waals surface area (Å²) in [7, 11) is 1.67. The molecular formula is C14H22O3. The maximum atomic E-state index is 12.1. The van der Waals surface area contributed by atoms with Gasteiger partial charge in [-0.15, -0.1) is 0 Å². The molecule has 1 aliphatic heterocycles. The van der Waals surface area contributed by atoms with Crippen molar-refractivity contribution in [3.63, 3.8) is 0 Å². The van der Waals surface area contributed by atoms with E-state index in [1.54, 1.807) is 7.11 Å². The lowest BCUT2D eigenvalue weighted by Crippen LogP contribution is -2.38. The summed E-state index contributed by atoms with van der Waals surface area (Å²) in [5.74, 6) is 0.902. The molecule has 1 fully saturated rings. The van der Waals surface area contributed by atoms with Gasteiger partial charge in [-0.1, -0.05) is 11.6 Å². The number of allylic oxidation sites excluding steroid dienone is 2. The molecule has 96 valence electrons. The van der Waals surface area contributed by atoms with Crippen LogP contribution < -0.4 is 0 Å². The molecule has 0 amide bonds. The molecular weight excluding hydrogens is 216 g/mol. The minimum atomic E-state index is -0.117. The van der Waals surface area contributed by atoms with E-state index in [1.165, 1.54) is 5.57 Å². The summed E-state index contributed by atoms with van der Waals surface area (Å²) in [6, 6.07) is 0. The molecule has 0 unspecified atom stereocenters. The Labute approximate surface area is 103 Å². The Morgan fingerprint density at radius 3 is 3.00 bits per heavy atom. The number of fused-ring (bicyclic) bond motifs is 1. The number of hydrogen-bond acceptors (Lipinski definition) is 3. The van der Waals surface area contributed by atoms with Crippen molar-refractivity contribution in [1.82, 2.24) is 0 Å². The van der Waals surface area contributed by atoms with Crippen LogP contribution in [0.4, 0.5) is 0 Å². The molecule has 2 rings (SSSR count). The standard InChI is InChI=1S/C14H22O3/c1-10-4-3-5-13(15)12-9-17-14(16-2)8-11(12)7-6-10/h4,11-12,14H,3,5-9H2,1-2H3/b10-4+/t11-,12-,14+/m1/s1. The van der Waals surface area contributed by atoms with E-state index in [9.17, 15) is 4.79 Å². The van der Waals surface area contributed by atoms with Crippen molar-refractivity contribution in [1.29, 1.82) is 0 Å². The van der Waals surface area contributed by atoms with E-state index in [2.05, 4.69) is 13.0 Å². The van der Waals surface area contributed by atoms with Crippen molar-refractivity contribution in [3.05, 3.63) is 11.6 Å². The summed E-state index contributed by atoms with van der Waals surface area (Å²) in [5.41, 5.74) is 1.42. The van der Waals surface area contributed by atoms with Gasteiger partial charge in [-0.2, -0.15) is 0 Å². The van der Waals surface area contributed by atoms with Crippen LogP contribution in [0.1, 0.15) is 39.0 Å². The number of Topliss-reactive ketones (excluding diaryl/α,β-unsaturated/α-hetero) is 1. The summed E-state index contributed by atoms with van der Waals surface area (Å²) >= 11 is 0. The van der Waals surface area contributed by atoms with Crippen LogP contribution in [0.25, 0.3) is 0 Å². The Hall–Kier alpha value is -0.670. The quantitative estimate of drug-likeness (QED) is 0.659. The molecule has 3 nitrogen and oxygen atoms in total. The third-order valence-electron chi connectivity index (χ3n) is 4.00. The number of carbonyl (C=O) groups is 1. The van der Waals surface area contributed by atoms with Crippen LogP contribution in [0.5, 0.6) is 0 Å². The van der Waals surface area contributed by atoms with Gasteiger partial charge >= 0.3 is 0 Å². The van der Waals surface area contributed by atoms with E-state index < -0.39 is 0 Å². The predicted octanol–water partition coefficient (Wildman–Crippen LogP) is 2.70. The van der Waals surface area contributed by atoms with Crippen LogP contribution in [-0.4, -0.2) is 25.8 Å². The number of ether oxygens (including phenoxy) is 2. The molecule has 17 heavy (non-hydrogen) atoms. The second-order valence-corrected chi connectivity index (χ2v) is 5.20. The first-order valence-electron chi connectivity index (χ1n) is 6.53. The van der Waals surface area contributed by atoms with Gasteiger partial charge in [-0.25, -0.2) is 0 Å². The first-order chi connectivity index (χ1) is 8.20. The van der Waals surface area contributed by atoms with Gasteiger partial charge in [0.05, 0.1) is 6.61 Å². The van der Waals surface area contributed by atoms with E-state index >= 15 is 0 Å². The fourth-order valence-corrected chi connectivity index (χ4v) is 2.83. The third-order valence-corrected chi connectivity index (χ3v) is 4.00. The Morgan fingerprint density at radius 2 is 2.24 bits per heavy atom. The van der Waals surface area contributed by atoms with E-state index in [-0.39, 0.29) is 12.2 Å². The van der Waals surface area contributed by atoms with Crippen molar-refractivity contribution in [2.45, 2.75) is 45.3 Å². The second-order valence-electron chi connectivity index (χ2n) is 5.20. The Morgan fingerprint density at radius 1 is 1.41 bits per heavy atom. The van der Waals surface area contributed by atoms with Gasteiger partial charge in [0.25, 0.3) is 0 Å². The molecule has 1 saturated heterocycles. The van der Waals surface area contributed by atoms with E-state index in [0.29, 0.717) is 24.7 Å². The first kappa shape index (κ1) is 12.8. The number of ketones is 1. The van der Waals surface area contributed by atoms with Crippen molar-refractivity contribution in [2.24, 2.45) is 11.8 Å². The van der Waals surface area contributed by atoms with Crippen LogP contribution in [0.3, 0.4) is 0 Å². The number of rotatable bonds is 1. The topological polar surface area (TPSA) is 35.5 Å². The van der Waals surface area contributed by atoms with Gasteiger partial charge in [-0.05, 0) is 32.1 Å². The van der Waals surface area contributed by atoms with Crippen molar-refractivity contribution in [2.75, 3.05) is 13.7 Å². The molecule has 2 aliphatic rings. The SMILES string of the molecule is CO[C@@H]1C[C@H]2CC/C(C)=C/CCC(=O)[C@@H]2CO1. The average Bonchev–Trinajstić information content (AvgIpc) is 2.41. The minimum Gasteiger partial charge on any atom is -0.356 e. The lowest BCUT2D eigenvalue weighted by Gasteiger charge is -2.34. The number of hydrogen-bond donors (Lipinski definition) is 0. The summed E-state index contributed by atoms with van der Waals surface area (Å²) in [4.78, 5) is 12.1. The maximum absolute atomic E-state index is 12.1. The van der Waals surface area contributed by atoms with Gasteiger partial charge in [0.1, 0.15) is 5.78 Å². The predicted molar refractivity (Wildman–Crippen MR) is 65.6 cm³/mol. The molecule has 3 heteroatoms. The lowest BCUT2D eigenvalue weighted by atomic mass is 9.81. The molecule has 1 heterocycles. The molecule has 3 atom stereocenters. The summed E-state index contributed by atoms with van der Waals surface area (Å²) in [6.45, 7) is 2.71. The van der Waals surface area contributed by atoms with Crippen molar-refractivity contribution in [3.8, 4) is 0 Å². The smallest absolute Gasteiger partial charge is 0.157 e. The van der Waals surface area contributed by atoms with E-state index in [1.807, 2.05) is 0 Å². The van der Waals surface area contributed by atoms with Crippen LogP contribution in [-0.2, 0) is 14.3 Å². The van der Waals surface area contributed by atoms with E-state index in [0.717, 1.165) is 25.7 Å². The average molecular weight is 238 g/mol. The third kappa shape index (κ3) is 3.17. The molecule has 0 N–H and O–H groups in total. The monoisotopic (exact) mass is 238 g/mol.